The number of hydrogen-bond acceptors (Lipinski definition) is 4. The topological polar surface area (TPSA) is 68.3 Å². The summed E-state index contributed by atoms with van der Waals surface area (Å²) in [4.78, 5) is 11.2. The number of carbonyl (C=O) groups excluding carboxylic acids is 1. The van der Waals surface area contributed by atoms with Crippen molar-refractivity contribution in [2.45, 2.75) is 24.3 Å². The molecule has 0 bridgehead atoms. The Morgan fingerprint density at radius 3 is 3.07 bits per heavy atom. The van der Waals surface area contributed by atoms with Crippen LogP contribution in [0.15, 0.2) is 22.8 Å². The molecule has 4 nitrogen and oxygen atoms in total. The highest BCUT2D eigenvalue weighted by atomic mass is 32.2. The molecule has 14 heavy (non-hydrogen) atoms. The molecule has 0 saturated carbocycles. The van der Waals surface area contributed by atoms with Gasteiger partial charge in [0.25, 0.3) is 0 Å². The average Bonchev–Trinajstić information content (AvgIpc) is 2.71. The zero-order valence-corrected chi connectivity index (χ0v) is 8.84. The van der Waals surface area contributed by atoms with Crippen LogP contribution in [0.4, 0.5) is 0 Å². The molecule has 0 spiro atoms. The minimum Gasteiger partial charge on any atom is -0.468 e. The molecule has 0 saturated heterocycles. The van der Waals surface area contributed by atoms with Crippen LogP contribution >= 0.6 is 11.8 Å². The second kappa shape index (κ2) is 5.72. The molecule has 1 heterocycles. The second-order valence-corrected chi connectivity index (χ2v) is 3.99. The van der Waals surface area contributed by atoms with Gasteiger partial charge in [-0.3, -0.25) is 10.2 Å². The molecule has 1 aromatic heterocycles. The average molecular weight is 214 g/mol. The third kappa shape index (κ3) is 3.08. The predicted octanol–water partition coefficient (Wildman–Crippen LogP) is 1.28. The van der Waals surface area contributed by atoms with Crippen LogP contribution in [0.3, 0.4) is 0 Å². The van der Waals surface area contributed by atoms with Gasteiger partial charge in [0.1, 0.15) is 5.76 Å². The molecular weight excluding hydrogens is 200 g/mol. The fourth-order valence-electron chi connectivity index (χ4n) is 1.05. The molecule has 3 N–H and O–H groups in total. The van der Waals surface area contributed by atoms with Crippen molar-refractivity contribution in [1.29, 1.82) is 0 Å². The number of nitrogens with two attached hydrogens (primary N) is 1. The molecule has 1 aromatic rings. The molecule has 78 valence electrons. The summed E-state index contributed by atoms with van der Waals surface area (Å²) in [5.74, 6) is 6.49. The number of hydrazine groups is 1. The lowest BCUT2D eigenvalue weighted by Crippen LogP contribution is -2.37. The van der Waals surface area contributed by atoms with Crippen molar-refractivity contribution in [3.05, 3.63) is 24.2 Å². The zero-order valence-electron chi connectivity index (χ0n) is 8.03. The van der Waals surface area contributed by atoms with Gasteiger partial charge in [0.05, 0.1) is 17.3 Å². The van der Waals surface area contributed by atoms with Crippen LogP contribution in [0, 0.1) is 0 Å². The molecule has 1 amide bonds. The summed E-state index contributed by atoms with van der Waals surface area (Å²) in [5, 5.41) is -0.106. The van der Waals surface area contributed by atoms with Crippen LogP contribution in [-0.2, 0) is 10.5 Å². The number of rotatable bonds is 5. The molecule has 0 aliphatic heterocycles. The smallest absolute Gasteiger partial charge is 0.246 e. The Labute approximate surface area is 87.2 Å². The molecule has 0 aromatic carbocycles. The van der Waals surface area contributed by atoms with Crippen LogP contribution in [0.5, 0.6) is 0 Å². The summed E-state index contributed by atoms with van der Waals surface area (Å²) >= 11 is 1.53. The first-order valence-corrected chi connectivity index (χ1v) is 5.47. The second-order valence-electron chi connectivity index (χ2n) is 2.80. The molecule has 0 aliphatic carbocycles. The van der Waals surface area contributed by atoms with E-state index in [1.54, 1.807) is 6.26 Å². The van der Waals surface area contributed by atoms with Crippen LogP contribution in [-0.4, -0.2) is 11.2 Å². The van der Waals surface area contributed by atoms with Crippen LogP contribution in [0.1, 0.15) is 19.1 Å². The van der Waals surface area contributed by atoms with Gasteiger partial charge < -0.3 is 4.42 Å². The lowest BCUT2D eigenvalue weighted by atomic mass is 10.3. The fraction of sp³-hybridized carbons (Fsp3) is 0.444. The van der Waals surface area contributed by atoms with Gasteiger partial charge in [0.15, 0.2) is 0 Å². The van der Waals surface area contributed by atoms with E-state index in [1.807, 2.05) is 19.1 Å². The Balaban J connectivity index is 2.38. The Kier molecular flexibility index (Phi) is 4.55. The van der Waals surface area contributed by atoms with E-state index in [1.165, 1.54) is 11.8 Å². The van der Waals surface area contributed by atoms with Crippen molar-refractivity contribution in [3.8, 4) is 0 Å². The van der Waals surface area contributed by atoms with Crippen molar-refractivity contribution in [1.82, 2.24) is 5.43 Å². The highest BCUT2D eigenvalue weighted by Crippen LogP contribution is 2.20. The van der Waals surface area contributed by atoms with E-state index in [9.17, 15) is 4.79 Å². The van der Waals surface area contributed by atoms with Gasteiger partial charge in [-0.25, -0.2) is 5.84 Å². The van der Waals surface area contributed by atoms with Crippen LogP contribution in [0.2, 0.25) is 0 Å². The maximum atomic E-state index is 11.2. The van der Waals surface area contributed by atoms with Gasteiger partial charge in [-0.2, -0.15) is 0 Å². The molecule has 0 radical (unpaired) electrons. The Morgan fingerprint density at radius 1 is 1.79 bits per heavy atom. The maximum Gasteiger partial charge on any atom is 0.246 e. The molecule has 5 heteroatoms. The summed E-state index contributed by atoms with van der Waals surface area (Å²) < 4.78 is 5.16. The number of amides is 1. The molecule has 0 fully saturated rings. The van der Waals surface area contributed by atoms with Crippen molar-refractivity contribution in [3.63, 3.8) is 0 Å². The number of nitrogens with one attached hydrogen (secondary N) is 1. The third-order valence-electron chi connectivity index (χ3n) is 1.81. The minimum absolute atomic E-state index is 0.106. The summed E-state index contributed by atoms with van der Waals surface area (Å²) in [5.41, 5.74) is 2.16. The number of carbonyl (C=O) groups is 1. The van der Waals surface area contributed by atoms with Crippen molar-refractivity contribution >= 4 is 17.7 Å². The molecule has 1 atom stereocenters. The Morgan fingerprint density at radius 2 is 2.57 bits per heavy atom. The molecular formula is C9H14N2O2S. The van der Waals surface area contributed by atoms with E-state index < -0.39 is 0 Å². The van der Waals surface area contributed by atoms with Gasteiger partial charge in [-0.15, -0.1) is 11.8 Å². The normalized spacial score (nSPS) is 12.4. The minimum atomic E-state index is -0.135. The summed E-state index contributed by atoms with van der Waals surface area (Å²) in [6.07, 6.45) is 2.38. The quantitative estimate of drug-likeness (QED) is 0.440. The number of hydrogen-bond donors (Lipinski definition) is 2. The van der Waals surface area contributed by atoms with Crippen LogP contribution < -0.4 is 11.3 Å². The lowest BCUT2D eigenvalue weighted by molar-refractivity contribution is -0.120. The Bertz CT molecular complexity index is 274. The highest BCUT2D eigenvalue weighted by Gasteiger charge is 2.15. The molecule has 0 aliphatic rings. The van der Waals surface area contributed by atoms with Gasteiger partial charge in [0.2, 0.25) is 5.91 Å². The lowest BCUT2D eigenvalue weighted by Gasteiger charge is -2.11. The first-order valence-electron chi connectivity index (χ1n) is 4.42. The highest BCUT2D eigenvalue weighted by molar-refractivity contribution is 7.99. The van der Waals surface area contributed by atoms with Gasteiger partial charge >= 0.3 is 0 Å². The van der Waals surface area contributed by atoms with E-state index in [0.717, 1.165) is 12.2 Å². The first-order chi connectivity index (χ1) is 6.77. The fourth-order valence-corrected chi connectivity index (χ4v) is 2.03. The summed E-state index contributed by atoms with van der Waals surface area (Å²) in [6.45, 7) is 1.95. The Hall–Kier alpha value is -0.940. The van der Waals surface area contributed by atoms with Crippen LogP contribution in [0.25, 0.3) is 0 Å². The van der Waals surface area contributed by atoms with E-state index in [-0.39, 0.29) is 11.2 Å². The van der Waals surface area contributed by atoms with Crippen molar-refractivity contribution in [2.24, 2.45) is 5.84 Å². The molecule has 1 unspecified atom stereocenters. The first kappa shape index (κ1) is 11.1. The van der Waals surface area contributed by atoms with E-state index in [4.69, 9.17) is 10.3 Å². The van der Waals surface area contributed by atoms with Gasteiger partial charge in [-0.05, 0) is 18.6 Å². The summed E-state index contributed by atoms with van der Waals surface area (Å²) in [7, 11) is 0. The standard InChI is InChI=1S/C9H14N2O2S/c1-2-8(9(12)11-10)14-6-7-4-3-5-13-7/h3-5,8H,2,6,10H2,1H3,(H,11,12). The number of furan rings is 1. The number of thioether (sulfide) groups is 1. The van der Waals surface area contributed by atoms with Crippen molar-refractivity contribution < 1.29 is 9.21 Å². The van der Waals surface area contributed by atoms with E-state index in [2.05, 4.69) is 5.43 Å². The van der Waals surface area contributed by atoms with E-state index >= 15 is 0 Å². The molecule has 1 rings (SSSR count). The van der Waals surface area contributed by atoms with Gasteiger partial charge in [0, 0.05) is 0 Å². The monoisotopic (exact) mass is 214 g/mol. The maximum absolute atomic E-state index is 11.2. The largest absolute Gasteiger partial charge is 0.468 e. The SMILES string of the molecule is CCC(SCc1ccco1)C(=O)NN. The van der Waals surface area contributed by atoms with E-state index in [0.29, 0.717) is 5.75 Å². The summed E-state index contributed by atoms with van der Waals surface area (Å²) in [6, 6.07) is 3.72. The zero-order chi connectivity index (χ0) is 10.4. The third-order valence-corrected chi connectivity index (χ3v) is 3.21. The van der Waals surface area contributed by atoms with Gasteiger partial charge in [-0.1, -0.05) is 6.92 Å². The van der Waals surface area contributed by atoms with Crippen molar-refractivity contribution in [2.75, 3.05) is 0 Å². The predicted molar refractivity (Wildman–Crippen MR) is 56.4 cm³/mol.